The Kier molecular flexibility index (Phi) is 6.21. The van der Waals surface area contributed by atoms with Crippen LogP contribution in [0.5, 0.6) is 0 Å². The normalized spacial score (nSPS) is 21.0. The van der Waals surface area contributed by atoms with Gasteiger partial charge in [-0.15, -0.1) is 11.8 Å². The summed E-state index contributed by atoms with van der Waals surface area (Å²) in [5.41, 5.74) is 0. The van der Waals surface area contributed by atoms with E-state index < -0.39 is 7.60 Å². The molecule has 0 saturated carbocycles. The van der Waals surface area contributed by atoms with Crippen molar-refractivity contribution in [3.63, 3.8) is 0 Å². The van der Waals surface area contributed by atoms with E-state index in [2.05, 4.69) is 18.8 Å². The monoisotopic (exact) mass is 279 g/mol. The molecular weight excluding hydrogens is 257 g/mol. The second-order valence-corrected chi connectivity index (χ2v) is 7.40. The largest absolute Gasteiger partial charge is 0.337 e. The molecule has 0 saturated heterocycles. The predicted octanol–water partition coefficient (Wildman–Crippen LogP) is 3.42. The Hall–Kier alpha value is 0.170. The van der Waals surface area contributed by atoms with Gasteiger partial charge in [-0.3, -0.25) is 9.56 Å². The Labute approximate surface area is 108 Å². The molecule has 0 amide bonds. The maximum atomic E-state index is 12.3. The van der Waals surface area contributed by atoms with Crippen molar-refractivity contribution < 1.29 is 13.6 Å². The maximum absolute atomic E-state index is 12.3. The van der Waals surface area contributed by atoms with Crippen LogP contribution in [0.4, 0.5) is 0 Å². The molecular formula is C11H22NO3PS. The summed E-state index contributed by atoms with van der Waals surface area (Å²) in [7, 11) is -2.98. The summed E-state index contributed by atoms with van der Waals surface area (Å²) < 4.78 is 22.8. The van der Waals surface area contributed by atoms with E-state index in [1.54, 1.807) is 11.8 Å². The lowest BCUT2D eigenvalue weighted by molar-refractivity contribution is 0.223. The molecule has 17 heavy (non-hydrogen) atoms. The van der Waals surface area contributed by atoms with Crippen molar-refractivity contribution in [1.82, 2.24) is 0 Å². The highest BCUT2D eigenvalue weighted by Crippen LogP contribution is 2.49. The van der Waals surface area contributed by atoms with Crippen LogP contribution in [0.15, 0.2) is 4.99 Å². The summed E-state index contributed by atoms with van der Waals surface area (Å²) in [6.07, 6.45) is 0.322. The summed E-state index contributed by atoms with van der Waals surface area (Å²) in [5, 5.41) is 0.911. The molecule has 0 aliphatic carbocycles. The third-order valence-electron chi connectivity index (χ3n) is 2.48. The van der Waals surface area contributed by atoms with Crippen LogP contribution in [0.25, 0.3) is 0 Å². The minimum Gasteiger partial charge on any atom is -0.309 e. The van der Waals surface area contributed by atoms with Gasteiger partial charge in [0, 0.05) is 5.75 Å². The van der Waals surface area contributed by atoms with Crippen LogP contribution in [0, 0.1) is 5.92 Å². The number of thioether (sulfide) groups is 1. The molecule has 1 aliphatic heterocycles. The Morgan fingerprint density at radius 2 is 2.00 bits per heavy atom. The van der Waals surface area contributed by atoms with Crippen LogP contribution in [0.2, 0.25) is 0 Å². The Bertz CT molecular complexity index is 310. The third kappa shape index (κ3) is 4.74. The lowest BCUT2D eigenvalue weighted by Crippen LogP contribution is -2.12. The van der Waals surface area contributed by atoms with Gasteiger partial charge in [-0.25, -0.2) is 0 Å². The van der Waals surface area contributed by atoms with E-state index in [1.807, 2.05) is 13.8 Å². The molecule has 6 heteroatoms. The molecule has 0 bridgehead atoms. The second kappa shape index (κ2) is 6.93. The summed E-state index contributed by atoms with van der Waals surface area (Å²) in [6, 6.07) is 0.340. The fourth-order valence-electron chi connectivity index (χ4n) is 1.56. The Balaban J connectivity index is 2.62. The van der Waals surface area contributed by atoms with Gasteiger partial charge >= 0.3 is 7.60 Å². The summed E-state index contributed by atoms with van der Waals surface area (Å²) in [5.74, 6) is 1.50. The first kappa shape index (κ1) is 15.2. The molecule has 100 valence electrons. The third-order valence-corrected chi connectivity index (χ3v) is 5.78. The number of hydrogen-bond acceptors (Lipinski definition) is 5. The summed E-state index contributed by atoms with van der Waals surface area (Å²) >= 11 is 1.68. The van der Waals surface area contributed by atoms with Gasteiger partial charge in [0.2, 0.25) is 0 Å². The van der Waals surface area contributed by atoms with Gasteiger partial charge in [-0.05, 0) is 19.8 Å². The van der Waals surface area contributed by atoms with Crippen molar-refractivity contribution in [2.24, 2.45) is 10.9 Å². The molecule has 0 aromatic carbocycles. The minimum absolute atomic E-state index is 0.322. The standard InChI is InChI=1S/C11H22NO3PS/c1-5-14-16(13,15-6-2)7-11-12-10(8-17-11)9(3)4/h9-10H,5-8H2,1-4H3. The first-order chi connectivity index (χ1) is 8.00. The van der Waals surface area contributed by atoms with E-state index in [0.29, 0.717) is 31.3 Å². The average Bonchev–Trinajstić information content (AvgIpc) is 2.66. The van der Waals surface area contributed by atoms with Crippen molar-refractivity contribution in [3.8, 4) is 0 Å². The summed E-state index contributed by atoms with van der Waals surface area (Å²) in [4.78, 5) is 4.58. The molecule has 1 rings (SSSR count). The smallest absolute Gasteiger partial charge is 0.309 e. The van der Waals surface area contributed by atoms with Gasteiger partial charge < -0.3 is 9.05 Å². The lowest BCUT2D eigenvalue weighted by atomic mass is 10.1. The fraction of sp³-hybridized carbons (Fsp3) is 0.909. The molecule has 1 aliphatic rings. The number of rotatable bonds is 7. The van der Waals surface area contributed by atoms with Crippen molar-refractivity contribution >= 4 is 24.4 Å². The quantitative estimate of drug-likeness (QED) is 0.670. The zero-order valence-electron chi connectivity index (χ0n) is 11.0. The molecule has 0 aromatic rings. The van der Waals surface area contributed by atoms with E-state index in [9.17, 15) is 4.57 Å². The van der Waals surface area contributed by atoms with Crippen LogP contribution < -0.4 is 0 Å². The van der Waals surface area contributed by atoms with E-state index in [0.717, 1.165) is 10.8 Å². The van der Waals surface area contributed by atoms with Crippen LogP contribution in [-0.4, -0.2) is 36.2 Å². The zero-order valence-corrected chi connectivity index (χ0v) is 12.7. The zero-order chi connectivity index (χ0) is 12.9. The average molecular weight is 279 g/mol. The second-order valence-electron chi connectivity index (χ2n) is 4.25. The van der Waals surface area contributed by atoms with Crippen molar-refractivity contribution in [2.45, 2.75) is 33.7 Å². The van der Waals surface area contributed by atoms with Gasteiger partial charge in [-0.2, -0.15) is 0 Å². The number of nitrogens with zero attached hydrogens (tertiary/aromatic N) is 1. The first-order valence-electron chi connectivity index (χ1n) is 6.08. The highest BCUT2D eigenvalue weighted by Gasteiger charge is 2.30. The maximum Gasteiger partial charge on any atom is 0.337 e. The van der Waals surface area contributed by atoms with Gasteiger partial charge in [0.15, 0.2) is 0 Å². The SMILES string of the molecule is CCOP(=O)(CC1=NC(C(C)C)CS1)OCC. The van der Waals surface area contributed by atoms with Crippen LogP contribution in [0.1, 0.15) is 27.7 Å². The molecule has 1 heterocycles. The van der Waals surface area contributed by atoms with Gasteiger partial charge in [0.05, 0.1) is 30.5 Å². The minimum atomic E-state index is -2.98. The molecule has 0 aromatic heterocycles. The van der Waals surface area contributed by atoms with Crippen molar-refractivity contribution in [3.05, 3.63) is 0 Å². The molecule has 4 nitrogen and oxygen atoms in total. The molecule has 0 radical (unpaired) electrons. The highest BCUT2D eigenvalue weighted by atomic mass is 32.2. The number of hydrogen-bond donors (Lipinski definition) is 0. The van der Waals surface area contributed by atoms with Gasteiger partial charge in [-0.1, -0.05) is 13.8 Å². The van der Waals surface area contributed by atoms with Crippen molar-refractivity contribution in [1.29, 1.82) is 0 Å². The van der Waals surface area contributed by atoms with Crippen LogP contribution >= 0.6 is 19.4 Å². The highest BCUT2D eigenvalue weighted by molar-refractivity contribution is 8.14. The molecule has 1 atom stereocenters. The van der Waals surface area contributed by atoms with Gasteiger partial charge in [0.25, 0.3) is 0 Å². The van der Waals surface area contributed by atoms with E-state index in [1.165, 1.54) is 0 Å². The fourth-order valence-corrected chi connectivity index (χ4v) is 4.89. The van der Waals surface area contributed by atoms with E-state index >= 15 is 0 Å². The lowest BCUT2D eigenvalue weighted by Gasteiger charge is -2.16. The molecule has 0 spiro atoms. The van der Waals surface area contributed by atoms with E-state index in [-0.39, 0.29) is 0 Å². The molecule has 0 N–H and O–H groups in total. The summed E-state index contributed by atoms with van der Waals surface area (Å²) in [6.45, 7) is 8.77. The van der Waals surface area contributed by atoms with Gasteiger partial charge in [0.1, 0.15) is 0 Å². The first-order valence-corrected chi connectivity index (χ1v) is 8.79. The Morgan fingerprint density at radius 3 is 2.41 bits per heavy atom. The van der Waals surface area contributed by atoms with Crippen LogP contribution in [0.3, 0.4) is 0 Å². The predicted molar refractivity (Wildman–Crippen MR) is 74.2 cm³/mol. The number of aliphatic imine (C=N–C) groups is 1. The topological polar surface area (TPSA) is 47.9 Å². The van der Waals surface area contributed by atoms with Crippen LogP contribution in [-0.2, 0) is 13.6 Å². The molecule has 0 fully saturated rings. The van der Waals surface area contributed by atoms with Crippen molar-refractivity contribution in [2.75, 3.05) is 25.1 Å². The van der Waals surface area contributed by atoms with E-state index in [4.69, 9.17) is 9.05 Å². The molecule has 1 unspecified atom stereocenters. The Morgan fingerprint density at radius 1 is 1.41 bits per heavy atom.